The van der Waals surface area contributed by atoms with Gasteiger partial charge in [-0.15, -0.1) is 0 Å². The third-order valence-electron chi connectivity index (χ3n) is 7.21. The molecule has 0 spiro atoms. The van der Waals surface area contributed by atoms with Crippen LogP contribution in [-0.4, -0.2) is 83.8 Å². The number of alkyl carbamates (subject to hydrolysis) is 3. The van der Waals surface area contributed by atoms with Crippen LogP contribution in [-0.2, 0) is 27.3 Å². The Morgan fingerprint density at radius 3 is 1.54 bits per heavy atom. The SMILES string of the molecule is C.CC(C)(C)OC(=O)NCCCCn1cnc2cccnc21.CC(C)(C)OC(=O)NCCCCn1cnc2ncccc21.CCCCCNC(=O)OC(C)(C)C. The van der Waals surface area contributed by atoms with Crippen molar-refractivity contribution < 1.29 is 28.6 Å². The van der Waals surface area contributed by atoms with Crippen molar-refractivity contribution in [1.29, 1.82) is 0 Å². The number of carbonyl (C=O) groups is 3. The minimum Gasteiger partial charge on any atom is -0.444 e. The lowest BCUT2D eigenvalue weighted by atomic mass is 10.2. The lowest BCUT2D eigenvalue weighted by molar-refractivity contribution is 0.0515. The molecule has 0 saturated carbocycles. The average Bonchev–Trinajstić information content (AvgIpc) is 3.69. The zero-order valence-electron chi connectivity index (χ0n) is 34.7. The Balaban J connectivity index is 0.000000430. The minimum absolute atomic E-state index is 0. The van der Waals surface area contributed by atoms with Gasteiger partial charge in [0.15, 0.2) is 11.3 Å². The molecule has 15 heteroatoms. The van der Waals surface area contributed by atoms with Gasteiger partial charge in [0.05, 0.1) is 18.2 Å². The number of imidazole rings is 2. The Kier molecular flexibility index (Phi) is 21.5. The highest BCUT2D eigenvalue weighted by Gasteiger charge is 2.17. The fraction of sp³-hybridized carbons (Fsp3) is 0.634. The summed E-state index contributed by atoms with van der Waals surface area (Å²) in [4.78, 5) is 51.1. The van der Waals surface area contributed by atoms with Crippen LogP contribution in [0.25, 0.3) is 22.3 Å². The zero-order chi connectivity index (χ0) is 40.9. The second kappa shape index (κ2) is 24.5. The van der Waals surface area contributed by atoms with Crippen molar-refractivity contribution >= 4 is 40.6 Å². The fourth-order valence-electron chi connectivity index (χ4n) is 4.84. The van der Waals surface area contributed by atoms with E-state index in [1.165, 1.54) is 0 Å². The van der Waals surface area contributed by atoms with Gasteiger partial charge in [-0.25, -0.2) is 34.3 Å². The highest BCUT2D eigenvalue weighted by atomic mass is 16.6. The van der Waals surface area contributed by atoms with Crippen molar-refractivity contribution in [2.45, 2.75) is 152 Å². The summed E-state index contributed by atoms with van der Waals surface area (Å²) < 4.78 is 19.5. The van der Waals surface area contributed by atoms with Crippen LogP contribution in [0.15, 0.2) is 49.3 Å². The summed E-state index contributed by atoms with van der Waals surface area (Å²) >= 11 is 0. The van der Waals surface area contributed by atoms with E-state index in [-0.39, 0.29) is 25.7 Å². The second-order valence-corrected chi connectivity index (χ2v) is 16.0. The van der Waals surface area contributed by atoms with Gasteiger partial charge in [0.1, 0.15) is 22.3 Å². The number of aryl methyl sites for hydroxylation is 2. The number of carbonyl (C=O) groups excluding carboxylic acids is 3. The van der Waals surface area contributed by atoms with Crippen LogP contribution in [0.3, 0.4) is 0 Å². The Morgan fingerprint density at radius 2 is 1.04 bits per heavy atom. The van der Waals surface area contributed by atoms with Crippen LogP contribution in [0, 0.1) is 0 Å². The number of unbranched alkanes of at least 4 members (excludes halogenated alkanes) is 4. The summed E-state index contributed by atoms with van der Waals surface area (Å²) in [5.74, 6) is 0. The van der Waals surface area contributed by atoms with E-state index in [4.69, 9.17) is 14.2 Å². The predicted octanol–water partition coefficient (Wildman–Crippen LogP) is 8.81. The van der Waals surface area contributed by atoms with Crippen LogP contribution in [0.1, 0.15) is 122 Å². The van der Waals surface area contributed by atoms with E-state index < -0.39 is 16.8 Å². The molecule has 314 valence electrons. The van der Waals surface area contributed by atoms with Crippen LogP contribution < -0.4 is 16.0 Å². The van der Waals surface area contributed by atoms with Gasteiger partial charge >= 0.3 is 18.3 Å². The largest absolute Gasteiger partial charge is 0.444 e. The topological polar surface area (TPSA) is 176 Å². The number of ether oxygens (including phenoxy) is 3. The molecule has 0 radical (unpaired) electrons. The van der Waals surface area contributed by atoms with Crippen LogP contribution >= 0.6 is 0 Å². The maximum Gasteiger partial charge on any atom is 0.407 e. The van der Waals surface area contributed by atoms with Crippen molar-refractivity contribution in [2.24, 2.45) is 0 Å². The molecule has 4 aromatic rings. The van der Waals surface area contributed by atoms with E-state index in [1.807, 2.05) is 91.1 Å². The Morgan fingerprint density at radius 1 is 0.589 bits per heavy atom. The number of nitrogens with zero attached hydrogens (tertiary/aromatic N) is 6. The van der Waals surface area contributed by atoms with E-state index in [1.54, 1.807) is 25.0 Å². The molecule has 0 unspecified atom stereocenters. The maximum absolute atomic E-state index is 11.5. The molecule has 15 nitrogen and oxygen atoms in total. The van der Waals surface area contributed by atoms with Gasteiger partial charge in [-0.1, -0.05) is 27.2 Å². The van der Waals surface area contributed by atoms with Gasteiger partial charge < -0.3 is 39.3 Å². The molecule has 3 N–H and O–H groups in total. The first-order valence-electron chi connectivity index (χ1n) is 19.3. The Hall–Kier alpha value is -4.95. The number of amides is 3. The zero-order valence-corrected chi connectivity index (χ0v) is 34.7. The van der Waals surface area contributed by atoms with Crippen LogP contribution in [0.4, 0.5) is 14.4 Å². The molecule has 0 bridgehead atoms. The van der Waals surface area contributed by atoms with Gasteiger partial charge in [-0.05, 0) is 119 Å². The summed E-state index contributed by atoms with van der Waals surface area (Å²) in [6.07, 6.45) is 13.1. The molecule has 0 aliphatic rings. The third kappa shape index (κ3) is 21.8. The third-order valence-corrected chi connectivity index (χ3v) is 7.21. The minimum atomic E-state index is -0.453. The molecule has 4 aromatic heterocycles. The summed E-state index contributed by atoms with van der Waals surface area (Å²) in [7, 11) is 0. The normalized spacial score (nSPS) is 11.2. The molecule has 0 aliphatic heterocycles. The average molecular weight is 784 g/mol. The number of hydrogen-bond donors (Lipinski definition) is 3. The quantitative estimate of drug-likeness (QED) is 0.0827. The monoisotopic (exact) mass is 784 g/mol. The van der Waals surface area contributed by atoms with Crippen LogP contribution in [0.2, 0.25) is 0 Å². The summed E-state index contributed by atoms with van der Waals surface area (Å²) in [5, 5.41) is 8.23. The van der Waals surface area contributed by atoms with Gasteiger partial charge in [-0.3, -0.25) is 0 Å². The molecule has 4 heterocycles. The molecule has 0 saturated heterocycles. The van der Waals surface area contributed by atoms with Gasteiger partial charge in [0.25, 0.3) is 0 Å². The number of nitrogens with one attached hydrogen (secondary N) is 3. The predicted molar refractivity (Wildman–Crippen MR) is 222 cm³/mol. The van der Waals surface area contributed by atoms with Crippen LogP contribution in [0.5, 0.6) is 0 Å². The highest BCUT2D eigenvalue weighted by molar-refractivity contribution is 5.71. The summed E-state index contributed by atoms with van der Waals surface area (Å²) in [6.45, 7) is 22.4. The number of rotatable bonds is 14. The van der Waals surface area contributed by atoms with E-state index in [0.29, 0.717) is 19.6 Å². The van der Waals surface area contributed by atoms with E-state index in [0.717, 1.165) is 80.4 Å². The molecule has 0 fully saturated rings. The molecule has 0 aliphatic carbocycles. The Labute approximate surface area is 334 Å². The Bertz CT molecular complexity index is 1610. The molecule has 56 heavy (non-hydrogen) atoms. The highest BCUT2D eigenvalue weighted by Crippen LogP contribution is 2.12. The number of fused-ring (bicyclic) bond motifs is 2. The smallest absolute Gasteiger partial charge is 0.407 e. The first kappa shape index (κ1) is 49.1. The maximum atomic E-state index is 11.5. The lowest BCUT2D eigenvalue weighted by Gasteiger charge is -2.19. The van der Waals surface area contributed by atoms with Gasteiger partial charge in [0, 0.05) is 45.1 Å². The fourth-order valence-corrected chi connectivity index (χ4v) is 4.84. The van der Waals surface area contributed by atoms with E-state index in [2.05, 4.69) is 47.4 Å². The van der Waals surface area contributed by atoms with Gasteiger partial charge in [-0.2, -0.15) is 0 Å². The van der Waals surface area contributed by atoms with Crippen molar-refractivity contribution in [1.82, 2.24) is 45.0 Å². The lowest BCUT2D eigenvalue weighted by Crippen LogP contribution is -2.33. The number of pyridine rings is 2. The second-order valence-electron chi connectivity index (χ2n) is 16.0. The van der Waals surface area contributed by atoms with E-state index >= 15 is 0 Å². The van der Waals surface area contributed by atoms with Crippen molar-refractivity contribution in [2.75, 3.05) is 19.6 Å². The molecule has 0 aromatic carbocycles. The molecule has 4 rings (SSSR count). The first-order valence-corrected chi connectivity index (χ1v) is 19.3. The molecule has 3 amide bonds. The van der Waals surface area contributed by atoms with Crippen molar-refractivity contribution in [3.05, 3.63) is 49.3 Å². The number of hydrogen-bond acceptors (Lipinski definition) is 10. The molecule has 0 atom stereocenters. The van der Waals surface area contributed by atoms with Crippen molar-refractivity contribution in [3.63, 3.8) is 0 Å². The van der Waals surface area contributed by atoms with Gasteiger partial charge in [0.2, 0.25) is 0 Å². The first-order chi connectivity index (χ1) is 25.9. The molecular weight excluding hydrogens is 715 g/mol. The van der Waals surface area contributed by atoms with Crippen molar-refractivity contribution in [3.8, 4) is 0 Å². The van der Waals surface area contributed by atoms with E-state index in [9.17, 15) is 14.4 Å². The number of aromatic nitrogens is 6. The summed E-state index contributed by atoms with van der Waals surface area (Å²) in [6, 6.07) is 7.74. The summed E-state index contributed by atoms with van der Waals surface area (Å²) in [5.41, 5.74) is 2.32. The molecular formula is C41H69N9O6. The standard InChI is InChI=1S/2C15H22N4O2.C10H21NO2.CH4/c1-15(2,3)21-14(20)17-8-4-5-10-19-11-18-13-12(19)7-6-9-16-13;1-15(2,3)21-14(20)17-8-4-5-10-19-11-18-12-7-6-9-16-13(12)19;1-5-6-7-8-11-9(12)13-10(2,3)4;/h2*6-7,9,11H,4-5,8,10H2,1-3H3,(H,17,20);5-8H2,1-4H3,(H,11,12);1H4.